The zero-order valence-electron chi connectivity index (χ0n) is 21.3. The van der Waals surface area contributed by atoms with Crippen molar-refractivity contribution < 1.29 is 18.1 Å². The van der Waals surface area contributed by atoms with Crippen LogP contribution in [0.5, 0.6) is 0 Å². The second-order valence-corrected chi connectivity index (χ2v) is 11.2. The van der Waals surface area contributed by atoms with Crippen molar-refractivity contribution in [3.05, 3.63) is 83.0 Å². The summed E-state index contributed by atoms with van der Waals surface area (Å²) < 4.78 is 30.7. The van der Waals surface area contributed by atoms with Crippen molar-refractivity contribution in [2.75, 3.05) is 6.61 Å². The number of furan rings is 1. The van der Waals surface area contributed by atoms with E-state index in [1.807, 2.05) is 31.4 Å². The highest BCUT2D eigenvalue weighted by Gasteiger charge is 2.45. The van der Waals surface area contributed by atoms with Gasteiger partial charge in [0.25, 0.3) is 0 Å². The van der Waals surface area contributed by atoms with E-state index < -0.39 is 0 Å². The molecule has 6 rings (SSSR count). The number of pyridine rings is 1. The minimum atomic E-state index is -0.303. The van der Waals surface area contributed by atoms with E-state index in [4.69, 9.17) is 9.15 Å². The van der Waals surface area contributed by atoms with Gasteiger partial charge in [-0.25, -0.2) is 8.96 Å². The van der Waals surface area contributed by atoms with Crippen molar-refractivity contribution in [3.63, 3.8) is 0 Å². The van der Waals surface area contributed by atoms with Crippen molar-refractivity contribution in [1.82, 2.24) is 0 Å². The van der Waals surface area contributed by atoms with Gasteiger partial charge in [0, 0.05) is 33.9 Å². The Morgan fingerprint density at radius 3 is 2.37 bits per heavy atom. The van der Waals surface area contributed by atoms with E-state index in [9.17, 15) is 0 Å². The van der Waals surface area contributed by atoms with E-state index in [-0.39, 0.29) is 16.6 Å². The number of hydrogen-bond donors (Lipinski definition) is 0. The molecule has 1 aliphatic heterocycles. The van der Waals surface area contributed by atoms with E-state index in [2.05, 4.69) is 63.5 Å². The zero-order chi connectivity index (χ0) is 24.7. The van der Waals surface area contributed by atoms with Gasteiger partial charge in [-0.1, -0.05) is 32.1 Å². The fraction of sp³-hybridized carbons (Fsp3) is 0.323. The Labute approximate surface area is 205 Å². The fourth-order valence-electron chi connectivity index (χ4n) is 5.93. The molecule has 2 aliphatic rings. The van der Waals surface area contributed by atoms with Crippen LogP contribution in [0.1, 0.15) is 45.2 Å². The number of benzene rings is 2. The highest BCUT2D eigenvalue weighted by Crippen LogP contribution is 2.56. The summed E-state index contributed by atoms with van der Waals surface area (Å²) >= 11 is 0. The summed E-state index contributed by atoms with van der Waals surface area (Å²) in [5.74, 6) is 0.696. The molecule has 0 spiro atoms. The lowest BCUT2D eigenvalue weighted by molar-refractivity contribution is -0.660. The maximum absolute atomic E-state index is 15.8. The number of ether oxygens (including phenoxy) is 1. The fourth-order valence-corrected chi connectivity index (χ4v) is 5.93. The summed E-state index contributed by atoms with van der Waals surface area (Å²) in [6.45, 7) is 11.5. The number of allylic oxidation sites excluding steroid dienone is 3. The van der Waals surface area contributed by atoms with E-state index in [1.165, 1.54) is 0 Å². The smallest absolute Gasteiger partial charge is 0.216 e. The lowest BCUT2D eigenvalue weighted by Gasteiger charge is -2.36. The molecule has 178 valence electrons. The summed E-state index contributed by atoms with van der Waals surface area (Å²) in [7, 11) is 2.03. The van der Waals surface area contributed by atoms with Crippen LogP contribution in [-0.2, 0) is 11.8 Å². The number of halogens is 1. The van der Waals surface area contributed by atoms with Gasteiger partial charge in [-0.2, -0.15) is 0 Å². The molecule has 2 aromatic carbocycles. The van der Waals surface area contributed by atoms with Gasteiger partial charge < -0.3 is 9.15 Å². The van der Waals surface area contributed by atoms with E-state index in [0.717, 1.165) is 56.5 Å². The van der Waals surface area contributed by atoms with Gasteiger partial charge in [0.05, 0.1) is 17.7 Å². The minimum absolute atomic E-state index is 0.118. The molecule has 0 fully saturated rings. The van der Waals surface area contributed by atoms with Gasteiger partial charge in [-0.05, 0) is 61.9 Å². The highest BCUT2D eigenvalue weighted by molar-refractivity contribution is 6.13. The van der Waals surface area contributed by atoms with Crippen molar-refractivity contribution in [2.45, 2.75) is 41.0 Å². The molecule has 0 bridgehead atoms. The molecule has 3 nitrogen and oxygen atoms in total. The van der Waals surface area contributed by atoms with Crippen LogP contribution >= 0.6 is 0 Å². The number of hydrogen-bond acceptors (Lipinski definition) is 2. The Balaban J connectivity index is 1.69. The number of rotatable bonds is 2. The predicted molar refractivity (Wildman–Crippen MR) is 138 cm³/mol. The van der Waals surface area contributed by atoms with E-state index in [1.54, 1.807) is 6.07 Å². The van der Waals surface area contributed by atoms with E-state index in [0.29, 0.717) is 17.8 Å². The lowest BCUT2D eigenvalue weighted by Crippen LogP contribution is -2.30. The van der Waals surface area contributed by atoms with Gasteiger partial charge in [-0.3, -0.25) is 0 Å². The molecular formula is C31H31FNO2+. The second-order valence-electron chi connectivity index (χ2n) is 11.2. The Kier molecular flexibility index (Phi) is 4.61. The average Bonchev–Trinajstić information content (AvgIpc) is 3.29. The maximum atomic E-state index is 15.8. The van der Waals surface area contributed by atoms with Crippen LogP contribution in [0.2, 0.25) is 0 Å². The van der Waals surface area contributed by atoms with Gasteiger partial charge in [-0.15, -0.1) is 0 Å². The summed E-state index contributed by atoms with van der Waals surface area (Å²) in [6, 6.07) is 13.8. The first-order chi connectivity index (χ1) is 16.6. The summed E-state index contributed by atoms with van der Waals surface area (Å²) in [5, 5.41) is 1.93. The van der Waals surface area contributed by atoms with Crippen LogP contribution in [0.4, 0.5) is 4.39 Å². The van der Waals surface area contributed by atoms with Crippen molar-refractivity contribution in [3.8, 4) is 11.3 Å². The molecule has 0 radical (unpaired) electrons. The van der Waals surface area contributed by atoms with Gasteiger partial charge >= 0.3 is 0 Å². The monoisotopic (exact) mass is 468 g/mol. The lowest BCUT2D eigenvalue weighted by atomic mass is 9.75. The van der Waals surface area contributed by atoms with Crippen LogP contribution in [0, 0.1) is 23.6 Å². The first kappa shape index (κ1) is 22.1. The second kappa shape index (κ2) is 7.30. The maximum Gasteiger partial charge on any atom is 0.216 e. The molecule has 4 aromatic rings. The quantitative estimate of drug-likeness (QED) is 0.282. The predicted octanol–water partition coefficient (Wildman–Crippen LogP) is 7.65. The molecule has 0 saturated carbocycles. The third-order valence-electron chi connectivity index (χ3n) is 7.78. The molecule has 35 heavy (non-hydrogen) atoms. The topological polar surface area (TPSA) is 26.2 Å². The molecule has 4 heteroatoms. The van der Waals surface area contributed by atoms with E-state index >= 15 is 4.39 Å². The third-order valence-corrected chi connectivity index (χ3v) is 7.78. The van der Waals surface area contributed by atoms with Gasteiger partial charge in [0.15, 0.2) is 6.20 Å². The van der Waals surface area contributed by atoms with Crippen LogP contribution in [0.15, 0.2) is 70.5 Å². The molecule has 3 heterocycles. The zero-order valence-corrected chi connectivity index (χ0v) is 21.3. The minimum Gasteiger partial charge on any atom is -0.497 e. The van der Waals surface area contributed by atoms with Gasteiger partial charge in [0.1, 0.15) is 29.8 Å². The van der Waals surface area contributed by atoms with Crippen LogP contribution in [0.3, 0.4) is 0 Å². The molecule has 2 aromatic heterocycles. The van der Waals surface area contributed by atoms with Crippen LogP contribution < -0.4 is 4.57 Å². The molecule has 0 saturated heterocycles. The van der Waals surface area contributed by atoms with Crippen molar-refractivity contribution >= 4 is 27.5 Å². The standard InChI is InChI=1S/C31H31FNO2/c1-18-10-11-19-20-12-13-22(32)25(21-17-31(4,5)29-26(21)30(2,3)14-16-34-29)28(20)35-27(19)24(18)23-9-7-8-15-33(23)6/h7-13,15,17H,14,16H2,1-6H3/q+1. The Bertz CT molecular complexity index is 1600. The summed E-state index contributed by atoms with van der Waals surface area (Å²) in [5.41, 5.74) is 6.73. The molecule has 0 amide bonds. The Hall–Kier alpha value is -3.40. The van der Waals surface area contributed by atoms with Gasteiger partial charge in [0.2, 0.25) is 5.69 Å². The largest absolute Gasteiger partial charge is 0.497 e. The Morgan fingerprint density at radius 1 is 0.914 bits per heavy atom. The first-order valence-corrected chi connectivity index (χ1v) is 12.3. The molecule has 0 N–H and O–H groups in total. The number of nitrogens with zero attached hydrogens (tertiary/aromatic N) is 1. The average molecular weight is 469 g/mol. The summed E-state index contributed by atoms with van der Waals surface area (Å²) in [4.78, 5) is 0. The SMILES string of the molecule is Cc1ccc2c(oc3c(C4=CC(C)(C)C5=C4C(C)(C)CCO5)c(F)ccc32)c1-c1cccc[n+]1C. The highest BCUT2D eigenvalue weighted by atomic mass is 19.1. The first-order valence-electron chi connectivity index (χ1n) is 12.3. The Morgan fingerprint density at radius 2 is 1.63 bits per heavy atom. The number of aromatic nitrogens is 1. The summed E-state index contributed by atoms with van der Waals surface area (Å²) in [6.07, 6.45) is 5.09. The number of fused-ring (bicyclic) bond motifs is 3. The third kappa shape index (κ3) is 3.12. The van der Waals surface area contributed by atoms with Crippen molar-refractivity contribution in [2.24, 2.45) is 17.9 Å². The van der Waals surface area contributed by atoms with Crippen LogP contribution in [-0.4, -0.2) is 6.61 Å². The van der Waals surface area contributed by atoms with Crippen molar-refractivity contribution in [1.29, 1.82) is 0 Å². The molecule has 0 atom stereocenters. The molecule has 0 unspecified atom stereocenters. The number of aryl methyl sites for hydroxylation is 2. The molecule has 1 aliphatic carbocycles. The normalized spacial score (nSPS) is 18.7. The molecular weight excluding hydrogens is 437 g/mol. The van der Waals surface area contributed by atoms with Crippen LogP contribution in [0.25, 0.3) is 38.8 Å².